The first kappa shape index (κ1) is 16.7. The minimum absolute atomic E-state index is 0.0647. The summed E-state index contributed by atoms with van der Waals surface area (Å²) in [4.78, 5) is 27.8. The molecular weight excluding hydrogens is 340 g/mol. The van der Waals surface area contributed by atoms with Crippen LogP contribution in [0.3, 0.4) is 0 Å². The van der Waals surface area contributed by atoms with Crippen LogP contribution in [0.15, 0.2) is 58.5 Å². The molecule has 0 fully saturated rings. The van der Waals surface area contributed by atoms with E-state index in [0.717, 1.165) is 11.8 Å². The molecule has 0 radical (unpaired) electrons. The molecule has 0 aliphatic heterocycles. The number of benzene rings is 2. The van der Waals surface area contributed by atoms with Gasteiger partial charge in [0.15, 0.2) is 5.16 Å². The zero-order valence-electron chi connectivity index (χ0n) is 13.1. The number of nitro benzene ring substituents is 1. The highest BCUT2D eigenvalue weighted by atomic mass is 32.2. The fourth-order valence-corrected chi connectivity index (χ4v) is 3.14. The lowest BCUT2D eigenvalue weighted by Crippen LogP contribution is -2.22. The molecule has 0 unspecified atom stereocenters. The van der Waals surface area contributed by atoms with Crippen LogP contribution in [-0.4, -0.2) is 19.7 Å². The zero-order chi connectivity index (χ0) is 18.0. The first-order valence-electron chi connectivity index (χ1n) is 7.34. The van der Waals surface area contributed by atoms with Crippen molar-refractivity contribution >= 4 is 28.4 Å². The Bertz CT molecular complexity index is 1050. The van der Waals surface area contributed by atoms with Crippen molar-refractivity contribution in [2.75, 3.05) is 0 Å². The molecule has 1 aromatic heterocycles. The van der Waals surface area contributed by atoms with Crippen LogP contribution in [0.5, 0.6) is 0 Å². The molecule has 0 aliphatic carbocycles. The van der Waals surface area contributed by atoms with Gasteiger partial charge in [-0.25, -0.2) is 4.98 Å². The number of nitrogens with zero attached hydrogens (tertiary/aromatic N) is 4. The van der Waals surface area contributed by atoms with Crippen LogP contribution in [0.1, 0.15) is 6.92 Å². The Kier molecular flexibility index (Phi) is 4.50. The van der Waals surface area contributed by atoms with Crippen LogP contribution in [0.25, 0.3) is 16.6 Å². The van der Waals surface area contributed by atoms with Crippen molar-refractivity contribution in [2.45, 2.75) is 17.3 Å². The first-order valence-corrected chi connectivity index (χ1v) is 8.22. The van der Waals surface area contributed by atoms with Gasteiger partial charge in [-0.2, -0.15) is 5.26 Å². The minimum Gasteiger partial charge on any atom is -0.268 e. The lowest BCUT2D eigenvalue weighted by molar-refractivity contribution is -0.384. The number of non-ortho nitro benzene ring substituents is 1. The normalized spacial score (nSPS) is 11.8. The number of hydrogen-bond acceptors (Lipinski definition) is 6. The van der Waals surface area contributed by atoms with Crippen LogP contribution >= 0.6 is 11.8 Å². The summed E-state index contributed by atoms with van der Waals surface area (Å²) in [6, 6.07) is 14.7. The van der Waals surface area contributed by atoms with Crippen LogP contribution in [0.2, 0.25) is 0 Å². The molecule has 0 amide bonds. The van der Waals surface area contributed by atoms with E-state index in [4.69, 9.17) is 5.26 Å². The molecule has 3 aromatic rings. The van der Waals surface area contributed by atoms with E-state index in [1.165, 1.54) is 28.8 Å². The Morgan fingerprint density at radius 2 is 1.92 bits per heavy atom. The molecule has 0 N–H and O–H groups in total. The van der Waals surface area contributed by atoms with E-state index in [9.17, 15) is 14.9 Å². The third kappa shape index (κ3) is 3.22. The summed E-state index contributed by atoms with van der Waals surface area (Å²) in [5.74, 6) is 0. The van der Waals surface area contributed by atoms with E-state index in [0.29, 0.717) is 21.7 Å². The fourth-order valence-electron chi connectivity index (χ4n) is 2.33. The van der Waals surface area contributed by atoms with Crippen molar-refractivity contribution in [1.29, 1.82) is 5.26 Å². The van der Waals surface area contributed by atoms with Crippen LogP contribution < -0.4 is 5.56 Å². The van der Waals surface area contributed by atoms with E-state index in [1.807, 2.05) is 0 Å². The number of rotatable bonds is 4. The van der Waals surface area contributed by atoms with Crippen LogP contribution in [0, 0.1) is 21.4 Å². The summed E-state index contributed by atoms with van der Waals surface area (Å²) in [5, 5.41) is 20.3. The molecule has 25 heavy (non-hydrogen) atoms. The van der Waals surface area contributed by atoms with Crippen molar-refractivity contribution in [3.05, 3.63) is 69.0 Å². The highest BCUT2D eigenvalue weighted by Crippen LogP contribution is 2.25. The molecule has 0 spiro atoms. The third-order valence-corrected chi connectivity index (χ3v) is 4.47. The second-order valence-corrected chi connectivity index (χ2v) is 6.52. The molecular formula is C17H12N4O3S. The number of hydrogen-bond donors (Lipinski definition) is 0. The Hall–Kier alpha value is -3.18. The summed E-state index contributed by atoms with van der Waals surface area (Å²) >= 11 is 1.16. The molecule has 3 rings (SSSR count). The Labute approximate surface area is 146 Å². The lowest BCUT2D eigenvalue weighted by atomic mass is 10.2. The van der Waals surface area contributed by atoms with Gasteiger partial charge in [0.1, 0.15) is 0 Å². The molecule has 0 saturated carbocycles. The molecule has 2 aromatic carbocycles. The van der Waals surface area contributed by atoms with Gasteiger partial charge < -0.3 is 0 Å². The zero-order valence-corrected chi connectivity index (χ0v) is 13.9. The number of nitro groups is 1. The van der Waals surface area contributed by atoms with Gasteiger partial charge in [0, 0.05) is 12.1 Å². The summed E-state index contributed by atoms with van der Waals surface area (Å²) in [7, 11) is 0. The van der Waals surface area contributed by atoms with E-state index in [2.05, 4.69) is 11.1 Å². The Balaban J connectivity index is 2.25. The molecule has 8 heteroatoms. The van der Waals surface area contributed by atoms with Gasteiger partial charge in [-0.3, -0.25) is 19.5 Å². The molecule has 1 heterocycles. The topological polar surface area (TPSA) is 102 Å². The maximum absolute atomic E-state index is 12.9. The first-order chi connectivity index (χ1) is 12.0. The molecule has 0 bridgehead atoms. The summed E-state index contributed by atoms with van der Waals surface area (Å²) in [6.45, 7) is 1.71. The van der Waals surface area contributed by atoms with Gasteiger partial charge >= 0.3 is 0 Å². The largest absolute Gasteiger partial charge is 0.269 e. The molecule has 124 valence electrons. The summed E-state index contributed by atoms with van der Waals surface area (Å²) in [5.41, 5.74) is 0.650. The quantitative estimate of drug-likeness (QED) is 0.309. The molecule has 0 saturated heterocycles. The van der Waals surface area contributed by atoms with Crippen molar-refractivity contribution < 1.29 is 4.92 Å². The fraction of sp³-hybridized carbons (Fsp3) is 0.118. The highest BCUT2D eigenvalue weighted by molar-refractivity contribution is 8.00. The number of nitriles is 1. The SMILES string of the molecule is C[C@H](C#N)Sc1nc2ccccc2c(=O)n1-c1ccc([N+](=O)[O-])cc1. The van der Waals surface area contributed by atoms with E-state index >= 15 is 0 Å². The number of thioether (sulfide) groups is 1. The van der Waals surface area contributed by atoms with Gasteiger partial charge in [0.05, 0.1) is 32.8 Å². The van der Waals surface area contributed by atoms with Crippen molar-refractivity contribution in [1.82, 2.24) is 9.55 Å². The van der Waals surface area contributed by atoms with Gasteiger partial charge in [0.25, 0.3) is 11.2 Å². The minimum atomic E-state index is -0.501. The van der Waals surface area contributed by atoms with E-state index in [1.54, 1.807) is 31.2 Å². The Morgan fingerprint density at radius 1 is 1.24 bits per heavy atom. The average molecular weight is 352 g/mol. The van der Waals surface area contributed by atoms with Gasteiger partial charge in [-0.15, -0.1) is 0 Å². The van der Waals surface area contributed by atoms with Crippen molar-refractivity contribution in [2.24, 2.45) is 0 Å². The van der Waals surface area contributed by atoms with Crippen molar-refractivity contribution in [3.8, 4) is 11.8 Å². The lowest BCUT2D eigenvalue weighted by Gasteiger charge is -2.13. The third-order valence-electron chi connectivity index (χ3n) is 3.53. The van der Waals surface area contributed by atoms with Gasteiger partial charge in [-0.05, 0) is 31.2 Å². The van der Waals surface area contributed by atoms with Crippen LogP contribution in [0.4, 0.5) is 5.69 Å². The average Bonchev–Trinajstić information content (AvgIpc) is 2.62. The number of aromatic nitrogens is 2. The maximum atomic E-state index is 12.9. The van der Waals surface area contributed by atoms with Crippen LogP contribution in [-0.2, 0) is 0 Å². The standard InChI is InChI=1S/C17H12N4O3S/c1-11(10-18)25-17-19-15-5-3-2-4-14(15)16(22)20(17)12-6-8-13(9-7-12)21(23)24/h2-9,11H,1H3/t11-/m1/s1. The van der Waals surface area contributed by atoms with E-state index < -0.39 is 10.2 Å². The molecule has 1 atom stereocenters. The molecule has 0 aliphatic rings. The summed E-state index contributed by atoms with van der Waals surface area (Å²) < 4.78 is 1.38. The number of fused-ring (bicyclic) bond motifs is 1. The predicted molar refractivity (Wildman–Crippen MR) is 94.9 cm³/mol. The number of para-hydroxylation sites is 1. The Morgan fingerprint density at radius 3 is 2.56 bits per heavy atom. The highest BCUT2D eigenvalue weighted by Gasteiger charge is 2.16. The predicted octanol–water partition coefficient (Wildman–Crippen LogP) is 3.30. The second-order valence-electron chi connectivity index (χ2n) is 5.21. The maximum Gasteiger partial charge on any atom is 0.269 e. The van der Waals surface area contributed by atoms with Crippen molar-refractivity contribution in [3.63, 3.8) is 0 Å². The summed E-state index contributed by atoms with van der Waals surface area (Å²) in [6.07, 6.45) is 0. The van der Waals surface area contributed by atoms with Gasteiger partial charge in [-0.1, -0.05) is 23.9 Å². The van der Waals surface area contributed by atoms with E-state index in [-0.39, 0.29) is 11.2 Å². The smallest absolute Gasteiger partial charge is 0.268 e. The van der Waals surface area contributed by atoms with Gasteiger partial charge in [0.2, 0.25) is 0 Å². The monoisotopic (exact) mass is 352 g/mol. The second kappa shape index (κ2) is 6.75. The molecule has 7 nitrogen and oxygen atoms in total.